The van der Waals surface area contributed by atoms with E-state index in [9.17, 15) is 4.79 Å². The Bertz CT molecular complexity index is 451. The first kappa shape index (κ1) is 16.8. The van der Waals surface area contributed by atoms with Crippen LogP contribution in [0.2, 0.25) is 5.02 Å². The lowest BCUT2D eigenvalue weighted by atomic mass is 10.1. The van der Waals surface area contributed by atoms with Gasteiger partial charge in [0.2, 0.25) is 0 Å². The van der Waals surface area contributed by atoms with Gasteiger partial charge in [-0.05, 0) is 38.1 Å². The Morgan fingerprint density at radius 3 is 2.70 bits per heavy atom. The maximum absolute atomic E-state index is 11.7. The van der Waals surface area contributed by atoms with Crippen LogP contribution in [0.15, 0.2) is 18.2 Å². The molecule has 4 nitrogen and oxygen atoms in total. The molecule has 1 aromatic rings. The van der Waals surface area contributed by atoms with Crippen LogP contribution >= 0.6 is 11.6 Å². The highest BCUT2D eigenvalue weighted by Gasteiger charge is 2.11. The van der Waals surface area contributed by atoms with Gasteiger partial charge in [-0.3, -0.25) is 4.79 Å². The molecule has 0 bridgehead atoms. The van der Waals surface area contributed by atoms with Crippen molar-refractivity contribution < 1.29 is 9.53 Å². The lowest BCUT2D eigenvalue weighted by molar-refractivity contribution is -0.131. The van der Waals surface area contributed by atoms with Crippen molar-refractivity contribution in [2.24, 2.45) is 0 Å². The van der Waals surface area contributed by atoms with Crippen LogP contribution < -0.4 is 10.1 Å². The van der Waals surface area contributed by atoms with Crippen LogP contribution in [0.25, 0.3) is 0 Å². The maximum Gasteiger partial charge on any atom is 0.260 e. The molecule has 1 atom stereocenters. The molecule has 0 aliphatic heterocycles. The van der Waals surface area contributed by atoms with Crippen LogP contribution in [0.1, 0.15) is 32.4 Å². The summed E-state index contributed by atoms with van der Waals surface area (Å²) in [5.74, 6) is 0.477. The monoisotopic (exact) mass is 298 g/mol. The average Bonchev–Trinajstić information content (AvgIpc) is 2.44. The average molecular weight is 299 g/mol. The second-order valence-electron chi connectivity index (χ2n) is 4.67. The van der Waals surface area contributed by atoms with Crippen molar-refractivity contribution in [1.82, 2.24) is 10.2 Å². The quantitative estimate of drug-likeness (QED) is 0.841. The first-order chi connectivity index (χ1) is 9.49. The molecule has 0 saturated carbocycles. The Morgan fingerprint density at radius 1 is 1.45 bits per heavy atom. The van der Waals surface area contributed by atoms with Crippen LogP contribution in [-0.4, -0.2) is 37.6 Å². The van der Waals surface area contributed by atoms with Gasteiger partial charge in [0.25, 0.3) is 5.91 Å². The summed E-state index contributed by atoms with van der Waals surface area (Å²) in [5, 5.41) is 3.85. The van der Waals surface area contributed by atoms with Gasteiger partial charge in [-0.1, -0.05) is 24.6 Å². The SMILES string of the molecule is CCNC(C)c1ccc(OCC(=O)N(C)CC)c(Cl)c1. The van der Waals surface area contributed by atoms with Gasteiger partial charge in [0.15, 0.2) is 6.61 Å². The third-order valence-corrected chi connectivity index (χ3v) is 3.51. The van der Waals surface area contributed by atoms with Crippen LogP contribution in [0.4, 0.5) is 0 Å². The topological polar surface area (TPSA) is 41.6 Å². The number of likely N-dealkylation sites (N-methyl/N-ethyl adjacent to an activating group) is 1. The van der Waals surface area contributed by atoms with E-state index in [2.05, 4.69) is 19.2 Å². The van der Waals surface area contributed by atoms with Crippen molar-refractivity contribution in [2.75, 3.05) is 26.7 Å². The van der Waals surface area contributed by atoms with E-state index in [0.29, 0.717) is 17.3 Å². The highest BCUT2D eigenvalue weighted by molar-refractivity contribution is 6.32. The van der Waals surface area contributed by atoms with Crippen molar-refractivity contribution in [3.8, 4) is 5.75 Å². The summed E-state index contributed by atoms with van der Waals surface area (Å²) in [6.07, 6.45) is 0. The van der Waals surface area contributed by atoms with Crippen molar-refractivity contribution in [3.63, 3.8) is 0 Å². The molecule has 20 heavy (non-hydrogen) atoms. The molecule has 0 radical (unpaired) electrons. The number of amides is 1. The van der Waals surface area contributed by atoms with Gasteiger partial charge in [-0.2, -0.15) is 0 Å². The van der Waals surface area contributed by atoms with E-state index in [4.69, 9.17) is 16.3 Å². The zero-order valence-electron chi connectivity index (χ0n) is 12.6. The van der Waals surface area contributed by atoms with Crippen molar-refractivity contribution in [3.05, 3.63) is 28.8 Å². The maximum atomic E-state index is 11.7. The highest BCUT2D eigenvalue weighted by atomic mass is 35.5. The fraction of sp³-hybridized carbons (Fsp3) is 0.533. The molecule has 0 aliphatic rings. The molecule has 1 N–H and O–H groups in total. The van der Waals surface area contributed by atoms with Gasteiger partial charge in [-0.25, -0.2) is 0 Å². The smallest absolute Gasteiger partial charge is 0.260 e. The number of benzene rings is 1. The molecule has 1 rings (SSSR count). The molecule has 5 heteroatoms. The summed E-state index contributed by atoms with van der Waals surface area (Å²) in [6.45, 7) is 7.62. The first-order valence-corrected chi connectivity index (χ1v) is 7.26. The molecule has 0 aliphatic carbocycles. The summed E-state index contributed by atoms with van der Waals surface area (Å²) in [6, 6.07) is 5.88. The zero-order chi connectivity index (χ0) is 15.1. The Kier molecular flexibility index (Phi) is 6.82. The number of halogens is 1. The van der Waals surface area contributed by atoms with Crippen molar-refractivity contribution >= 4 is 17.5 Å². The lowest BCUT2D eigenvalue weighted by Crippen LogP contribution is -2.31. The van der Waals surface area contributed by atoms with Gasteiger partial charge < -0.3 is 15.0 Å². The van der Waals surface area contributed by atoms with E-state index in [1.807, 2.05) is 25.1 Å². The predicted octanol–water partition coefficient (Wildman–Crippen LogP) is 2.87. The Labute approximate surface area is 126 Å². The molecule has 1 aromatic carbocycles. The minimum Gasteiger partial charge on any atom is -0.482 e. The molecule has 1 amide bonds. The van der Waals surface area contributed by atoms with E-state index in [-0.39, 0.29) is 18.6 Å². The van der Waals surface area contributed by atoms with Crippen LogP contribution in [-0.2, 0) is 4.79 Å². The zero-order valence-corrected chi connectivity index (χ0v) is 13.3. The third kappa shape index (κ3) is 4.69. The van der Waals surface area contributed by atoms with E-state index < -0.39 is 0 Å². The fourth-order valence-electron chi connectivity index (χ4n) is 1.75. The Balaban J connectivity index is 2.67. The minimum atomic E-state index is -0.0614. The van der Waals surface area contributed by atoms with Gasteiger partial charge in [0.05, 0.1) is 5.02 Å². The first-order valence-electron chi connectivity index (χ1n) is 6.89. The number of hydrogen-bond donors (Lipinski definition) is 1. The van der Waals surface area contributed by atoms with Gasteiger partial charge in [0.1, 0.15) is 5.75 Å². The number of ether oxygens (including phenoxy) is 1. The number of carbonyl (C=O) groups is 1. The van der Waals surface area contributed by atoms with Crippen LogP contribution in [0.5, 0.6) is 5.75 Å². The molecule has 0 saturated heterocycles. The van der Waals surface area contributed by atoms with Gasteiger partial charge in [-0.15, -0.1) is 0 Å². The van der Waals surface area contributed by atoms with Crippen LogP contribution in [0.3, 0.4) is 0 Å². The number of rotatable bonds is 7. The fourth-order valence-corrected chi connectivity index (χ4v) is 2.00. The van der Waals surface area contributed by atoms with E-state index in [1.54, 1.807) is 11.9 Å². The lowest BCUT2D eigenvalue weighted by Gasteiger charge is -2.17. The summed E-state index contributed by atoms with van der Waals surface area (Å²) < 4.78 is 5.47. The summed E-state index contributed by atoms with van der Waals surface area (Å²) >= 11 is 6.19. The van der Waals surface area contributed by atoms with Gasteiger partial charge >= 0.3 is 0 Å². The summed E-state index contributed by atoms with van der Waals surface area (Å²) in [4.78, 5) is 13.3. The molecule has 112 valence electrons. The molecule has 0 fully saturated rings. The molecule has 1 unspecified atom stereocenters. The Morgan fingerprint density at radius 2 is 2.15 bits per heavy atom. The van der Waals surface area contributed by atoms with Crippen LogP contribution in [0, 0.1) is 0 Å². The minimum absolute atomic E-state index is 0.00612. The van der Waals surface area contributed by atoms with Crippen molar-refractivity contribution in [1.29, 1.82) is 0 Å². The molecule has 0 heterocycles. The molecule has 0 aromatic heterocycles. The van der Waals surface area contributed by atoms with E-state index in [1.165, 1.54) is 0 Å². The summed E-state index contributed by atoms with van der Waals surface area (Å²) in [5.41, 5.74) is 1.10. The number of hydrogen-bond acceptors (Lipinski definition) is 3. The van der Waals surface area contributed by atoms with Crippen molar-refractivity contribution in [2.45, 2.75) is 26.8 Å². The second kappa shape index (κ2) is 8.12. The Hall–Kier alpha value is -1.26. The number of nitrogens with one attached hydrogen (secondary N) is 1. The van der Waals surface area contributed by atoms with E-state index in [0.717, 1.165) is 12.1 Å². The normalized spacial score (nSPS) is 12.1. The van der Waals surface area contributed by atoms with Gasteiger partial charge in [0, 0.05) is 19.6 Å². The largest absolute Gasteiger partial charge is 0.482 e. The highest BCUT2D eigenvalue weighted by Crippen LogP contribution is 2.27. The number of carbonyl (C=O) groups excluding carboxylic acids is 1. The predicted molar refractivity (Wildman–Crippen MR) is 82.3 cm³/mol. The standard InChI is InChI=1S/C15H23ClN2O2/c1-5-17-11(3)12-7-8-14(13(16)9-12)20-10-15(19)18(4)6-2/h7-9,11,17H,5-6,10H2,1-4H3. The van der Waals surface area contributed by atoms with E-state index >= 15 is 0 Å². The molecular weight excluding hydrogens is 276 g/mol. The molecule has 0 spiro atoms. The second-order valence-corrected chi connectivity index (χ2v) is 5.07. The third-order valence-electron chi connectivity index (χ3n) is 3.22. The number of nitrogens with zero attached hydrogens (tertiary/aromatic N) is 1. The summed E-state index contributed by atoms with van der Waals surface area (Å²) in [7, 11) is 1.74. The molecular formula is C15H23ClN2O2.